The van der Waals surface area contributed by atoms with Gasteiger partial charge in [-0.2, -0.15) is 0 Å². The molecule has 4 rings (SSSR count). The molecule has 0 radical (unpaired) electrons. The summed E-state index contributed by atoms with van der Waals surface area (Å²) in [6.45, 7) is 0.528. The van der Waals surface area contributed by atoms with Gasteiger partial charge in [0, 0.05) is 29.4 Å². The Morgan fingerprint density at radius 1 is 1.00 bits per heavy atom. The molecule has 31 heavy (non-hydrogen) atoms. The van der Waals surface area contributed by atoms with Crippen LogP contribution in [0.4, 0.5) is 5.69 Å². The van der Waals surface area contributed by atoms with E-state index in [0.717, 1.165) is 46.7 Å². The molecule has 6 nitrogen and oxygen atoms in total. The van der Waals surface area contributed by atoms with E-state index in [1.807, 2.05) is 72.8 Å². The van der Waals surface area contributed by atoms with Gasteiger partial charge < -0.3 is 15.2 Å². The highest BCUT2D eigenvalue weighted by molar-refractivity contribution is 5.84. The number of rotatable bonds is 8. The molecule has 0 spiro atoms. The molecule has 0 fully saturated rings. The molecule has 0 unspecified atom stereocenters. The maximum atomic E-state index is 11.2. The molecule has 0 bridgehead atoms. The van der Waals surface area contributed by atoms with Crippen LogP contribution < -0.4 is 10.5 Å². The van der Waals surface area contributed by atoms with Crippen LogP contribution in [-0.2, 0) is 9.53 Å². The van der Waals surface area contributed by atoms with Crippen LogP contribution >= 0.6 is 0 Å². The van der Waals surface area contributed by atoms with E-state index >= 15 is 0 Å². The monoisotopic (exact) mass is 415 g/mol. The second kappa shape index (κ2) is 9.34. The zero-order chi connectivity index (χ0) is 21.6. The molecule has 0 saturated carbocycles. The van der Waals surface area contributed by atoms with Crippen molar-refractivity contribution in [1.82, 2.24) is 9.55 Å². The first-order valence-electron chi connectivity index (χ1n) is 10.3. The summed E-state index contributed by atoms with van der Waals surface area (Å²) in [7, 11) is 1.40. The van der Waals surface area contributed by atoms with Gasteiger partial charge >= 0.3 is 5.97 Å². The van der Waals surface area contributed by atoms with Crippen LogP contribution in [0, 0.1) is 0 Å². The predicted octanol–water partition coefficient (Wildman–Crippen LogP) is 5.00. The molecule has 1 heterocycles. The predicted molar refractivity (Wildman–Crippen MR) is 122 cm³/mol. The number of carbonyl (C=O) groups excluding carboxylic acids is 1. The average molecular weight is 415 g/mol. The smallest absolute Gasteiger partial charge is 0.305 e. The number of nitrogen functional groups attached to an aromatic ring is 1. The number of fused-ring (bicyclic) bond motifs is 1. The van der Waals surface area contributed by atoms with Crippen LogP contribution in [0.25, 0.3) is 28.1 Å². The van der Waals surface area contributed by atoms with Gasteiger partial charge in [0.25, 0.3) is 0 Å². The first kappa shape index (κ1) is 20.5. The van der Waals surface area contributed by atoms with Crippen molar-refractivity contribution in [2.75, 3.05) is 19.5 Å². The van der Waals surface area contributed by atoms with Crippen LogP contribution in [0.5, 0.6) is 5.75 Å². The molecular formula is C25H25N3O3. The van der Waals surface area contributed by atoms with Crippen molar-refractivity contribution in [2.24, 2.45) is 0 Å². The van der Waals surface area contributed by atoms with Gasteiger partial charge in [-0.15, -0.1) is 0 Å². The van der Waals surface area contributed by atoms with Gasteiger partial charge in [-0.1, -0.05) is 36.4 Å². The molecule has 0 atom stereocenters. The van der Waals surface area contributed by atoms with Crippen molar-refractivity contribution in [2.45, 2.75) is 19.3 Å². The molecule has 1 aromatic heterocycles. The first-order valence-corrected chi connectivity index (χ1v) is 10.3. The number of carbonyl (C=O) groups is 1. The minimum atomic E-state index is -0.194. The van der Waals surface area contributed by atoms with E-state index in [4.69, 9.17) is 15.5 Å². The highest BCUT2D eigenvalue weighted by Crippen LogP contribution is 2.31. The van der Waals surface area contributed by atoms with Gasteiger partial charge in [0.2, 0.25) is 0 Å². The second-order valence-corrected chi connectivity index (χ2v) is 7.26. The Kier molecular flexibility index (Phi) is 6.17. The molecule has 4 aromatic rings. The Hall–Kier alpha value is -3.80. The Balaban J connectivity index is 1.66. The molecule has 0 saturated heterocycles. The second-order valence-electron chi connectivity index (χ2n) is 7.26. The van der Waals surface area contributed by atoms with Crippen molar-refractivity contribution in [3.8, 4) is 22.8 Å². The van der Waals surface area contributed by atoms with Crippen LogP contribution in [0.15, 0.2) is 72.8 Å². The summed E-state index contributed by atoms with van der Waals surface area (Å²) in [6.07, 6.45) is 1.91. The number of benzene rings is 3. The number of hydrogen-bond acceptors (Lipinski definition) is 5. The van der Waals surface area contributed by atoms with E-state index in [1.54, 1.807) is 0 Å². The number of hydrogen-bond donors (Lipinski definition) is 1. The van der Waals surface area contributed by atoms with Gasteiger partial charge in [-0.3, -0.25) is 9.36 Å². The zero-order valence-corrected chi connectivity index (χ0v) is 17.5. The molecule has 158 valence electrons. The lowest BCUT2D eigenvalue weighted by molar-refractivity contribution is -0.140. The van der Waals surface area contributed by atoms with Gasteiger partial charge in [0.05, 0.1) is 24.8 Å². The molecule has 6 heteroatoms. The lowest BCUT2D eigenvalue weighted by Gasteiger charge is -2.11. The van der Waals surface area contributed by atoms with Crippen molar-refractivity contribution in [3.63, 3.8) is 0 Å². The number of esters is 1. The van der Waals surface area contributed by atoms with E-state index in [1.165, 1.54) is 7.11 Å². The summed E-state index contributed by atoms with van der Waals surface area (Å²) in [6, 6.07) is 23.7. The Labute approximate surface area is 181 Å². The van der Waals surface area contributed by atoms with Crippen molar-refractivity contribution < 1.29 is 14.3 Å². The quantitative estimate of drug-likeness (QED) is 0.249. The van der Waals surface area contributed by atoms with Gasteiger partial charge in [0.15, 0.2) is 0 Å². The fraction of sp³-hybridized carbons (Fsp3) is 0.200. The Morgan fingerprint density at radius 2 is 1.84 bits per heavy atom. The van der Waals surface area contributed by atoms with Crippen LogP contribution in [-0.4, -0.2) is 29.2 Å². The topological polar surface area (TPSA) is 79.4 Å². The normalized spacial score (nSPS) is 10.9. The van der Waals surface area contributed by atoms with Crippen LogP contribution in [0.1, 0.15) is 19.3 Å². The number of nitrogens with zero attached hydrogens (tertiary/aromatic N) is 2. The summed E-state index contributed by atoms with van der Waals surface area (Å²) in [5, 5.41) is 0. The van der Waals surface area contributed by atoms with E-state index in [9.17, 15) is 4.79 Å². The lowest BCUT2D eigenvalue weighted by atomic mass is 10.2. The zero-order valence-electron chi connectivity index (χ0n) is 17.5. The number of imidazole rings is 1. The molecule has 0 aliphatic carbocycles. The highest BCUT2D eigenvalue weighted by Gasteiger charge is 2.15. The summed E-state index contributed by atoms with van der Waals surface area (Å²) in [5.41, 5.74) is 10.5. The highest BCUT2D eigenvalue weighted by atomic mass is 16.5. The maximum Gasteiger partial charge on any atom is 0.305 e. The van der Waals surface area contributed by atoms with Gasteiger partial charge in [-0.25, -0.2) is 4.98 Å². The third-order valence-electron chi connectivity index (χ3n) is 5.06. The van der Waals surface area contributed by atoms with Gasteiger partial charge in [0.1, 0.15) is 11.6 Å². The standard InChI is InChI=1S/C25H25N3O3/c1-30-24(29)12-5-6-15-31-21-13-14-22-23(17-21)28(20-11-7-10-19(26)16-20)25(27-22)18-8-3-2-4-9-18/h2-4,7-11,13-14,16-17H,5-6,12,15,26H2,1H3. The lowest BCUT2D eigenvalue weighted by Crippen LogP contribution is -2.03. The first-order chi connectivity index (χ1) is 15.2. The summed E-state index contributed by atoms with van der Waals surface area (Å²) in [5.74, 6) is 1.41. The van der Waals surface area contributed by atoms with Crippen molar-refractivity contribution in [3.05, 3.63) is 72.8 Å². The maximum absolute atomic E-state index is 11.2. The summed E-state index contributed by atoms with van der Waals surface area (Å²) >= 11 is 0. The minimum Gasteiger partial charge on any atom is -0.494 e. The molecule has 0 aliphatic rings. The molecule has 3 aromatic carbocycles. The third-order valence-corrected chi connectivity index (χ3v) is 5.06. The SMILES string of the molecule is COC(=O)CCCCOc1ccc2nc(-c3ccccc3)n(-c3cccc(N)c3)c2c1. The van der Waals surface area contributed by atoms with E-state index < -0.39 is 0 Å². The molecule has 2 N–H and O–H groups in total. The fourth-order valence-corrected chi connectivity index (χ4v) is 3.51. The van der Waals surface area contributed by atoms with Crippen molar-refractivity contribution in [1.29, 1.82) is 0 Å². The van der Waals surface area contributed by atoms with E-state index in [2.05, 4.69) is 9.30 Å². The summed E-state index contributed by atoms with van der Waals surface area (Å²) in [4.78, 5) is 16.1. The number of methoxy groups -OCH3 is 1. The van der Waals surface area contributed by atoms with Crippen LogP contribution in [0.2, 0.25) is 0 Å². The Morgan fingerprint density at radius 3 is 2.61 bits per heavy atom. The number of anilines is 1. The van der Waals surface area contributed by atoms with E-state index in [0.29, 0.717) is 18.7 Å². The fourth-order valence-electron chi connectivity index (χ4n) is 3.51. The van der Waals surface area contributed by atoms with Gasteiger partial charge in [-0.05, 0) is 43.2 Å². The summed E-state index contributed by atoms with van der Waals surface area (Å²) < 4.78 is 12.7. The van der Waals surface area contributed by atoms with Crippen LogP contribution in [0.3, 0.4) is 0 Å². The Bertz CT molecular complexity index is 1190. The van der Waals surface area contributed by atoms with E-state index in [-0.39, 0.29) is 5.97 Å². The number of ether oxygens (including phenoxy) is 2. The molecule has 0 aliphatic heterocycles. The number of aromatic nitrogens is 2. The largest absolute Gasteiger partial charge is 0.494 e. The third kappa shape index (κ3) is 4.69. The number of nitrogens with two attached hydrogens (primary N) is 1. The molecule has 0 amide bonds. The number of unbranched alkanes of at least 4 members (excludes halogenated alkanes) is 1. The minimum absolute atomic E-state index is 0.194. The molecular weight excluding hydrogens is 390 g/mol. The average Bonchev–Trinajstić information content (AvgIpc) is 3.18. The van der Waals surface area contributed by atoms with Crippen molar-refractivity contribution >= 4 is 22.7 Å².